The fourth-order valence-corrected chi connectivity index (χ4v) is 8.16. The van der Waals surface area contributed by atoms with Crippen LogP contribution in [0.3, 0.4) is 0 Å². The summed E-state index contributed by atoms with van der Waals surface area (Å²) in [7, 11) is 0. The first-order valence-corrected chi connectivity index (χ1v) is 19.2. The van der Waals surface area contributed by atoms with Gasteiger partial charge >= 0.3 is 0 Å². The van der Waals surface area contributed by atoms with Crippen LogP contribution in [0.1, 0.15) is 11.3 Å². The van der Waals surface area contributed by atoms with Gasteiger partial charge in [0.25, 0.3) is 0 Å². The molecular weight excluding hydrogens is 695 g/mol. The molecule has 0 aliphatic carbocycles. The van der Waals surface area contributed by atoms with Crippen molar-refractivity contribution in [2.24, 2.45) is 0 Å². The molecule has 3 heterocycles. The lowest BCUT2D eigenvalue weighted by Gasteiger charge is -2.17. The number of allylic oxidation sites excluding steroid dienone is 2. The Labute approximate surface area is 331 Å². The zero-order valence-electron chi connectivity index (χ0n) is 31.4. The molecule has 0 N–H and O–H groups in total. The molecule has 0 bridgehead atoms. The molecule has 5 nitrogen and oxygen atoms in total. The van der Waals surface area contributed by atoms with Crippen LogP contribution in [-0.2, 0) is 0 Å². The summed E-state index contributed by atoms with van der Waals surface area (Å²) in [6.07, 6.45) is 6.02. The van der Waals surface area contributed by atoms with Crippen LogP contribution in [0.15, 0.2) is 195 Å². The van der Waals surface area contributed by atoms with E-state index in [9.17, 15) is 0 Å². The van der Waals surface area contributed by atoms with E-state index in [2.05, 4.69) is 168 Å². The van der Waals surface area contributed by atoms with E-state index in [0.29, 0.717) is 17.6 Å². The van der Waals surface area contributed by atoms with Crippen molar-refractivity contribution in [3.8, 4) is 56.7 Å². The van der Waals surface area contributed by atoms with E-state index in [4.69, 9.17) is 15.0 Å². The van der Waals surface area contributed by atoms with E-state index in [0.717, 1.165) is 71.9 Å². The Hall–Kier alpha value is -7.63. The van der Waals surface area contributed by atoms with Crippen LogP contribution >= 0.6 is 0 Å². The molecule has 0 radical (unpaired) electrons. The predicted octanol–water partition coefficient (Wildman–Crippen LogP) is 13.1. The van der Waals surface area contributed by atoms with Crippen molar-refractivity contribution in [3.63, 3.8) is 0 Å². The minimum atomic E-state index is 0.554. The summed E-state index contributed by atoms with van der Waals surface area (Å²) in [6.45, 7) is 6.23. The van der Waals surface area contributed by atoms with Crippen molar-refractivity contribution in [3.05, 3.63) is 206 Å². The molecule has 0 aliphatic rings. The van der Waals surface area contributed by atoms with Crippen molar-refractivity contribution in [2.45, 2.75) is 6.92 Å². The van der Waals surface area contributed by atoms with E-state index in [-0.39, 0.29) is 0 Å². The highest BCUT2D eigenvalue weighted by molar-refractivity contribution is 6.19. The number of hydrogen-bond acceptors (Lipinski definition) is 3. The van der Waals surface area contributed by atoms with Crippen LogP contribution in [0.5, 0.6) is 0 Å². The summed E-state index contributed by atoms with van der Waals surface area (Å²) >= 11 is 0. The standard InChI is InChI=1S/C52H37N5/c1-3-4-27-41-35(2)56(46-30-16-14-28-42(46)40-26-18-25-39(34-40)36-19-8-5-9-20-36)48-44(41)32-33-45-43-29-15-17-31-47(43)57(49(45)48)52-54-50(37-21-10-6-11-22-37)53-51(55-52)38-23-12-7-13-24-38/h3-34H,1H2,2H3/b27-4-. The lowest BCUT2D eigenvalue weighted by atomic mass is 9.98. The quantitative estimate of drug-likeness (QED) is 0.146. The van der Waals surface area contributed by atoms with Gasteiger partial charge in [-0.3, -0.25) is 4.57 Å². The average Bonchev–Trinajstić information content (AvgIpc) is 3.77. The van der Waals surface area contributed by atoms with Gasteiger partial charge in [0.05, 0.1) is 22.2 Å². The zero-order chi connectivity index (χ0) is 38.3. The predicted molar refractivity (Wildman–Crippen MR) is 237 cm³/mol. The molecule has 10 rings (SSSR count). The third-order valence-corrected chi connectivity index (χ3v) is 10.8. The van der Waals surface area contributed by atoms with E-state index < -0.39 is 0 Å². The van der Waals surface area contributed by atoms with Gasteiger partial charge in [0.2, 0.25) is 5.95 Å². The number of aromatic nitrogens is 5. The van der Waals surface area contributed by atoms with Gasteiger partial charge in [0.15, 0.2) is 11.6 Å². The summed E-state index contributed by atoms with van der Waals surface area (Å²) in [5, 5.41) is 3.35. The second-order valence-electron chi connectivity index (χ2n) is 14.1. The van der Waals surface area contributed by atoms with E-state index in [1.807, 2.05) is 48.6 Å². The van der Waals surface area contributed by atoms with Crippen molar-refractivity contribution in [1.82, 2.24) is 24.1 Å². The van der Waals surface area contributed by atoms with Crippen LogP contribution in [0.2, 0.25) is 0 Å². The number of para-hydroxylation sites is 2. The summed E-state index contributed by atoms with van der Waals surface area (Å²) in [5.41, 5.74) is 12.9. The average molecular weight is 732 g/mol. The summed E-state index contributed by atoms with van der Waals surface area (Å²) < 4.78 is 4.67. The first-order valence-electron chi connectivity index (χ1n) is 19.2. The van der Waals surface area contributed by atoms with Gasteiger partial charge in [-0.1, -0.05) is 183 Å². The van der Waals surface area contributed by atoms with Gasteiger partial charge in [-0.2, -0.15) is 9.97 Å². The molecule has 5 heteroatoms. The van der Waals surface area contributed by atoms with E-state index >= 15 is 0 Å². The second kappa shape index (κ2) is 14.2. The van der Waals surface area contributed by atoms with Crippen LogP contribution in [-0.4, -0.2) is 24.1 Å². The van der Waals surface area contributed by atoms with Gasteiger partial charge in [0, 0.05) is 44.1 Å². The molecule has 0 aliphatic heterocycles. The first kappa shape index (κ1) is 33.9. The van der Waals surface area contributed by atoms with Crippen molar-refractivity contribution in [2.75, 3.05) is 0 Å². The highest BCUT2D eigenvalue weighted by Crippen LogP contribution is 2.42. The Bertz CT molecular complexity index is 3080. The Kier molecular flexibility index (Phi) is 8.46. The van der Waals surface area contributed by atoms with Crippen molar-refractivity contribution < 1.29 is 0 Å². The fraction of sp³-hybridized carbons (Fsp3) is 0.0192. The topological polar surface area (TPSA) is 48.5 Å². The van der Waals surface area contributed by atoms with Crippen LogP contribution < -0.4 is 0 Å². The van der Waals surface area contributed by atoms with Crippen LogP contribution in [0.25, 0.3) is 95.5 Å². The number of hydrogen-bond donors (Lipinski definition) is 0. The molecule has 7 aromatic carbocycles. The van der Waals surface area contributed by atoms with Gasteiger partial charge in [-0.05, 0) is 41.8 Å². The van der Waals surface area contributed by atoms with Crippen molar-refractivity contribution >= 4 is 38.8 Å². The molecule has 3 aromatic heterocycles. The van der Waals surface area contributed by atoms with Gasteiger partial charge < -0.3 is 4.57 Å². The molecule has 0 saturated heterocycles. The fourth-order valence-electron chi connectivity index (χ4n) is 8.16. The highest BCUT2D eigenvalue weighted by atomic mass is 15.2. The van der Waals surface area contributed by atoms with Gasteiger partial charge in [-0.15, -0.1) is 0 Å². The second-order valence-corrected chi connectivity index (χ2v) is 14.1. The molecule has 0 saturated carbocycles. The monoisotopic (exact) mass is 731 g/mol. The third kappa shape index (κ3) is 5.85. The number of nitrogens with zero attached hydrogens (tertiary/aromatic N) is 5. The molecule has 10 aromatic rings. The lowest BCUT2D eigenvalue weighted by molar-refractivity contribution is 0.952. The normalized spacial score (nSPS) is 11.6. The maximum Gasteiger partial charge on any atom is 0.238 e. The van der Waals surface area contributed by atoms with Crippen LogP contribution in [0, 0.1) is 6.92 Å². The van der Waals surface area contributed by atoms with Gasteiger partial charge in [0.1, 0.15) is 0 Å². The molecule has 57 heavy (non-hydrogen) atoms. The maximum atomic E-state index is 5.27. The lowest BCUT2D eigenvalue weighted by Crippen LogP contribution is -2.07. The molecule has 0 amide bonds. The molecular formula is C52H37N5. The maximum absolute atomic E-state index is 5.27. The number of benzene rings is 7. The molecule has 0 atom stereocenters. The summed E-state index contributed by atoms with van der Waals surface area (Å²) in [5.74, 6) is 1.78. The molecule has 0 unspecified atom stereocenters. The third-order valence-electron chi connectivity index (χ3n) is 10.8. The Morgan fingerprint density at radius 1 is 0.474 bits per heavy atom. The minimum Gasteiger partial charge on any atom is -0.311 e. The Balaban J connectivity index is 1.32. The minimum absolute atomic E-state index is 0.554. The Morgan fingerprint density at radius 3 is 1.74 bits per heavy atom. The van der Waals surface area contributed by atoms with E-state index in [1.54, 1.807) is 0 Å². The molecule has 0 fully saturated rings. The SMILES string of the molecule is C=C/C=C\c1c(C)n(-c2ccccc2-c2cccc(-c3ccccc3)c2)c2c1ccc1c3ccccc3n(-c3nc(-c4ccccc4)nc(-c4ccccc4)n3)c12. The highest BCUT2D eigenvalue weighted by Gasteiger charge is 2.25. The Morgan fingerprint density at radius 2 is 1.04 bits per heavy atom. The number of fused-ring (bicyclic) bond motifs is 5. The largest absolute Gasteiger partial charge is 0.311 e. The van der Waals surface area contributed by atoms with Crippen LogP contribution in [0.4, 0.5) is 0 Å². The van der Waals surface area contributed by atoms with E-state index in [1.165, 1.54) is 11.1 Å². The summed E-state index contributed by atoms with van der Waals surface area (Å²) in [4.78, 5) is 15.6. The first-order chi connectivity index (χ1) is 28.2. The zero-order valence-corrected chi connectivity index (χ0v) is 31.4. The number of rotatable bonds is 8. The molecule has 270 valence electrons. The van der Waals surface area contributed by atoms with Gasteiger partial charge in [-0.25, -0.2) is 4.98 Å². The smallest absolute Gasteiger partial charge is 0.238 e. The summed E-state index contributed by atoms with van der Waals surface area (Å²) in [6, 6.07) is 61.5. The molecule has 0 spiro atoms. The van der Waals surface area contributed by atoms with Crippen molar-refractivity contribution in [1.29, 1.82) is 0 Å².